The van der Waals surface area contributed by atoms with Gasteiger partial charge in [0.05, 0.1) is 12.1 Å². The summed E-state index contributed by atoms with van der Waals surface area (Å²) in [6, 6.07) is 10.8. The Morgan fingerprint density at radius 2 is 2.16 bits per heavy atom. The second-order valence-electron chi connectivity index (χ2n) is 6.29. The highest BCUT2D eigenvalue weighted by Gasteiger charge is 2.22. The molecular weight excluding hydrogens is 318 g/mol. The Morgan fingerprint density at radius 1 is 1.32 bits per heavy atom. The van der Waals surface area contributed by atoms with Crippen LogP contribution < -0.4 is 15.4 Å². The van der Waals surface area contributed by atoms with Crippen molar-refractivity contribution in [3.05, 3.63) is 53.7 Å². The molecule has 25 heavy (non-hydrogen) atoms. The molecule has 1 saturated heterocycles. The third-order valence-electron chi connectivity index (χ3n) is 3.90. The summed E-state index contributed by atoms with van der Waals surface area (Å²) in [7, 11) is 0. The fourth-order valence-electron chi connectivity index (χ4n) is 2.76. The normalized spacial score (nSPS) is 16.6. The molecule has 1 fully saturated rings. The molecule has 6 nitrogen and oxygen atoms in total. The van der Waals surface area contributed by atoms with E-state index in [0.717, 1.165) is 12.0 Å². The van der Waals surface area contributed by atoms with Crippen molar-refractivity contribution in [1.29, 1.82) is 0 Å². The van der Waals surface area contributed by atoms with Crippen molar-refractivity contribution in [3.63, 3.8) is 0 Å². The van der Waals surface area contributed by atoms with E-state index in [9.17, 15) is 9.59 Å². The van der Waals surface area contributed by atoms with Crippen LogP contribution in [0.25, 0.3) is 0 Å². The molecule has 1 aromatic heterocycles. The van der Waals surface area contributed by atoms with Crippen LogP contribution in [0.5, 0.6) is 5.88 Å². The summed E-state index contributed by atoms with van der Waals surface area (Å²) in [4.78, 5) is 28.0. The van der Waals surface area contributed by atoms with Crippen LogP contribution in [0.2, 0.25) is 0 Å². The molecule has 130 valence electrons. The Kier molecular flexibility index (Phi) is 4.97. The van der Waals surface area contributed by atoms with Gasteiger partial charge in [-0.3, -0.25) is 9.59 Å². The summed E-state index contributed by atoms with van der Waals surface area (Å²) in [6.45, 7) is 3.81. The number of carbonyl (C=O) groups is 2. The lowest BCUT2D eigenvalue weighted by Crippen LogP contribution is -2.18. The molecule has 1 aliphatic heterocycles. The number of hydrogen-bond acceptors (Lipinski definition) is 4. The summed E-state index contributed by atoms with van der Waals surface area (Å²) in [5.74, 6) is 0.252. The van der Waals surface area contributed by atoms with E-state index >= 15 is 0 Å². The lowest BCUT2D eigenvalue weighted by atomic mass is 10.0. The molecule has 0 spiro atoms. The number of carbonyl (C=O) groups excluding carboxylic acids is 2. The van der Waals surface area contributed by atoms with Gasteiger partial charge in [-0.2, -0.15) is 0 Å². The van der Waals surface area contributed by atoms with Crippen LogP contribution in [0.4, 0.5) is 5.69 Å². The number of benzene rings is 1. The van der Waals surface area contributed by atoms with E-state index in [1.165, 1.54) is 0 Å². The van der Waals surface area contributed by atoms with Crippen molar-refractivity contribution < 1.29 is 14.3 Å². The Labute approximate surface area is 146 Å². The number of aromatic nitrogens is 1. The summed E-state index contributed by atoms with van der Waals surface area (Å²) < 4.78 is 5.52. The molecule has 2 amide bonds. The Bertz CT molecular complexity index is 789. The van der Waals surface area contributed by atoms with Gasteiger partial charge >= 0.3 is 0 Å². The van der Waals surface area contributed by atoms with Gasteiger partial charge < -0.3 is 15.4 Å². The summed E-state index contributed by atoms with van der Waals surface area (Å²) in [5, 5.41) is 5.81. The first-order chi connectivity index (χ1) is 12.0. The van der Waals surface area contributed by atoms with Crippen LogP contribution in [-0.4, -0.2) is 22.9 Å². The van der Waals surface area contributed by atoms with Crippen LogP contribution >= 0.6 is 0 Å². The maximum atomic E-state index is 12.5. The van der Waals surface area contributed by atoms with Crippen molar-refractivity contribution in [1.82, 2.24) is 10.3 Å². The highest BCUT2D eigenvalue weighted by atomic mass is 16.5. The number of ether oxygens (including phenoxy) is 1. The number of rotatable bonds is 5. The molecule has 0 bridgehead atoms. The molecule has 1 aliphatic rings. The molecule has 2 N–H and O–H groups in total. The molecule has 1 aromatic carbocycles. The predicted molar refractivity (Wildman–Crippen MR) is 94.5 cm³/mol. The van der Waals surface area contributed by atoms with Gasteiger partial charge in [0, 0.05) is 29.9 Å². The second-order valence-corrected chi connectivity index (χ2v) is 6.29. The maximum Gasteiger partial charge on any atom is 0.255 e. The number of pyridine rings is 1. The summed E-state index contributed by atoms with van der Waals surface area (Å²) in [5.41, 5.74) is 2.15. The molecule has 6 heteroatoms. The van der Waals surface area contributed by atoms with Gasteiger partial charge in [-0.05, 0) is 44.0 Å². The topological polar surface area (TPSA) is 80.3 Å². The minimum atomic E-state index is -0.233. The van der Waals surface area contributed by atoms with E-state index in [4.69, 9.17) is 4.74 Å². The molecular formula is C19H21N3O3. The van der Waals surface area contributed by atoms with Crippen molar-refractivity contribution >= 4 is 17.5 Å². The molecule has 1 atom stereocenters. The van der Waals surface area contributed by atoms with Crippen LogP contribution in [0.15, 0.2) is 42.6 Å². The minimum Gasteiger partial charge on any atom is -0.475 e. The molecule has 3 rings (SSSR count). The van der Waals surface area contributed by atoms with E-state index in [2.05, 4.69) is 15.6 Å². The first-order valence-corrected chi connectivity index (χ1v) is 8.34. The summed E-state index contributed by atoms with van der Waals surface area (Å²) >= 11 is 0. The monoisotopic (exact) mass is 339 g/mol. The lowest BCUT2D eigenvalue weighted by Gasteiger charge is -2.13. The lowest BCUT2D eigenvalue weighted by molar-refractivity contribution is -0.119. The first kappa shape index (κ1) is 17.0. The Morgan fingerprint density at radius 3 is 2.88 bits per heavy atom. The third-order valence-corrected chi connectivity index (χ3v) is 3.90. The molecule has 0 saturated carbocycles. The number of nitrogens with zero attached hydrogens (tertiary/aromatic N) is 1. The van der Waals surface area contributed by atoms with Gasteiger partial charge in [0.1, 0.15) is 0 Å². The second kappa shape index (κ2) is 7.34. The average molecular weight is 339 g/mol. The van der Waals surface area contributed by atoms with E-state index in [0.29, 0.717) is 23.6 Å². The van der Waals surface area contributed by atoms with Crippen molar-refractivity contribution in [3.8, 4) is 5.88 Å². The SMILES string of the molecule is CC(C)Oc1cc(C(=O)Nc2cccc(C3CCC(=O)N3)c2)ccn1. The van der Waals surface area contributed by atoms with E-state index in [-0.39, 0.29) is 24.0 Å². The van der Waals surface area contributed by atoms with Crippen LogP contribution in [0.3, 0.4) is 0 Å². The van der Waals surface area contributed by atoms with E-state index in [1.54, 1.807) is 18.3 Å². The van der Waals surface area contributed by atoms with Gasteiger partial charge in [-0.25, -0.2) is 4.98 Å². The maximum absolute atomic E-state index is 12.5. The minimum absolute atomic E-state index is 0.0101. The zero-order chi connectivity index (χ0) is 17.8. The standard InChI is InChI=1S/C19H21N3O3/c1-12(2)25-18-11-14(8-9-20-18)19(24)21-15-5-3-4-13(10-15)16-6-7-17(23)22-16/h3-5,8-12,16H,6-7H2,1-2H3,(H,21,24)(H,22,23). The third kappa shape index (κ3) is 4.35. The molecule has 1 unspecified atom stereocenters. The van der Waals surface area contributed by atoms with Crippen LogP contribution in [0.1, 0.15) is 48.7 Å². The molecule has 2 aromatic rings. The summed E-state index contributed by atoms with van der Waals surface area (Å²) in [6.07, 6.45) is 2.86. The highest BCUT2D eigenvalue weighted by molar-refractivity contribution is 6.04. The van der Waals surface area contributed by atoms with Gasteiger partial charge in [0.25, 0.3) is 5.91 Å². The van der Waals surface area contributed by atoms with Crippen molar-refractivity contribution in [2.45, 2.75) is 38.8 Å². The molecule has 2 heterocycles. The smallest absolute Gasteiger partial charge is 0.255 e. The predicted octanol–water partition coefficient (Wildman–Crippen LogP) is 3.07. The average Bonchev–Trinajstić information content (AvgIpc) is 3.01. The Hall–Kier alpha value is -2.89. The van der Waals surface area contributed by atoms with Crippen LogP contribution in [-0.2, 0) is 4.79 Å². The number of anilines is 1. The first-order valence-electron chi connectivity index (χ1n) is 8.34. The van der Waals surface area contributed by atoms with Crippen LogP contribution in [0, 0.1) is 0 Å². The van der Waals surface area contributed by atoms with Gasteiger partial charge in [-0.1, -0.05) is 12.1 Å². The largest absolute Gasteiger partial charge is 0.475 e. The van der Waals surface area contributed by atoms with Gasteiger partial charge in [-0.15, -0.1) is 0 Å². The van der Waals surface area contributed by atoms with Gasteiger partial charge in [0.15, 0.2) is 0 Å². The highest BCUT2D eigenvalue weighted by Crippen LogP contribution is 2.26. The van der Waals surface area contributed by atoms with Crippen molar-refractivity contribution in [2.75, 3.05) is 5.32 Å². The van der Waals surface area contributed by atoms with Gasteiger partial charge in [0.2, 0.25) is 11.8 Å². The van der Waals surface area contributed by atoms with Crippen molar-refractivity contribution in [2.24, 2.45) is 0 Å². The zero-order valence-electron chi connectivity index (χ0n) is 14.3. The number of amides is 2. The molecule has 0 aliphatic carbocycles. The number of nitrogens with one attached hydrogen (secondary N) is 2. The fourth-order valence-corrected chi connectivity index (χ4v) is 2.76. The fraction of sp³-hybridized carbons (Fsp3) is 0.316. The molecule has 0 radical (unpaired) electrons. The van der Waals surface area contributed by atoms with E-state index in [1.807, 2.05) is 38.1 Å². The Balaban J connectivity index is 1.72. The quantitative estimate of drug-likeness (QED) is 0.877. The number of hydrogen-bond donors (Lipinski definition) is 2. The zero-order valence-corrected chi connectivity index (χ0v) is 14.3. The van der Waals surface area contributed by atoms with E-state index < -0.39 is 0 Å².